The summed E-state index contributed by atoms with van der Waals surface area (Å²) in [7, 11) is 0. The lowest BCUT2D eigenvalue weighted by Gasteiger charge is -2.12. The molecule has 0 aromatic heterocycles. The first-order valence-corrected chi connectivity index (χ1v) is 5.90. The second-order valence-electron chi connectivity index (χ2n) is 3.79. The van der Waals surface area contributed by atoms with Crippen molar-refractivity contribution in [2.75, 3.05) is 18.5 Å². The number of nitrogens with one attached hydrogen (secondary N) is 1. The van der Waals surface area contributed by atoms with Crippen LogP contribution < -0.4 is 10.1 Å². The first-order chi connectivity index (χ1) is 9.02. The van der Waals surface area contributed by atoms with Crippen LogP contribution in [0.4, 0.5) is 5.69 Å². The normalized spacial score (nSPS) is 11.7. The van der Waals surface area contributed by atoms with Gasteiger partial charge in [0.2, 0.25) is 0 Å². The van der Waals surface area contributed by atoms with Gasteiger partial charge in [-0.25, -0.2) is 4.79 Å². The quantitative estimate of drug-likeness (QED) is 0.782. The number of carboxylic acids is 1. The minimum absolute atomic E-state index is 0.235. The molecule has 1 atom stereocenters. The van der Waals surface area contributed by atoms with E-state index in [0.29, 0.717) is 18.0 Å². The molecule has 0 fully saturated rings. The second kappa shape index (κ2) is 7.38. The van der Waals surface area contributed by atoms with E-state index >= 15 is 0 Å². The summed E-state index contributed by atoms with van der Waals surface area (Å²) in [5.41, 5.74) is 0.597. The molecular weight excluding hydrogens is 250 g/mol. The molecule has 1 unspecified atom stereocenters. The molecule has 0 aliphatic rings. The van der Waals surface area contributed by atoms with E-state index in [-0.39, 0.29) is 5.91 Å². The Hall–Kier alpha value is -2.08. The molecule has 1 aromatic rings. The van der Waals surface area contributed by atoms with Gasteiger partial charge in [-0.05, 0) is 38.1 Å². The van der Waals surface area contributed by atoms with Crippen molar-refractivity contribution in [3.63, 3.8) is 0 Å². The van der Waals surface area contributed by atoms with Crippen LogP contribution in [-0.4, -0.2) is 36.3 Å². The number of rotatable bonds is 7. The maximum Gasteiger partial charge on any atom is 0.341 e. The minimum Gasteiger partial charge on any atom is -0.482 e. The molecule has 1 rings (SSSR count). The molecule has 19 heavy (non-hydrogen) atoms. The number of carbonyl (C=O) groups is 2. The fourth-order valence-electron chi connectivity index (χ4n) is 1.35. The molecular formula is C13H17NO5. The number of carboxylic acid groups (broad SMARTS) is 1. The van der Waals surface area contributed by atoms with Gasteiger partial charge in [-0.1, -0.05) is 0 Å². The van der Waals surface area contributed by atoms with E-state index in [9.17, 15) is 9.59 Å². The summed E-state index contributed by atoms with van der Waals surface area (Å²) in [4.78, 5) is 22.0. The van der Waals surface area contributed by atoms with Gasteiger partial charge in [0.25, 0.3) is 5.91 Å². The maximum atomic E-state index is 11.7. The monoisotopic (exact) mass is 267 g/mol. The number of carbonyl (C=O) groups excluding carboxylic acids is 1. The summed E-state index contributed by atoms with van der Waals surface area (Å²) in [5, 5.41) is 11.1. The highest BCUT2D eigenvalue weighted by atomic mass is 16.5. The highest BCUT2D eigenvalue weighted by Gasteiger charge is 2.12. The van der Waals surface area contributed by atoms with E-state index in [1.54, 1.807) is 31.2 Å². The molecule has 0 aliphatic carbocycles. The van der Waals surface area contributed by atoms with Crippen LogP contribution in [-0.2, 0) is 14.3 Å². The molecule has 0 saturated heterocycles. The number of hydrogen-bond donors (Lipinski definition) is 2. The van der Waals surface area contributed by atoms with E-state index in [1.165, 1.54) is 0 Å². The number of amides is 1. The molecule has 6 nitrogen and oxygen atoms in total. The van der Waals surface area contributed by atoms with Crippen LogP contribution in [0.1, 0.15) is 13.8 Å². The molecule has 0 bridgehead atoms. The molecule has 2 N–H and O–H groups in total. The Bertz CT molecular complexity index is 429. The number of ether oxygens (including phenoxy) is 2. The van der Waals surface area contributed by atoms with Gasteiger partial charge < -0.3 is 19.9 Å². The van der Waals surface area contributed by atoms with Gasteiger partial charge in [0.1, 0.15) is 11.9 Å². The van der Waals surface area contributed by atoms with Crippen LogP contribution in [0.5, 0.6) is 5.75 Å². The minimum atomic E-state index is -1.04. The fourth-order valence-corrected chi connectivity index (χ4v) is 1.35. The Morgan fingerprint density at radius 3 is 2.47 bits per heavy atom. The summed E-state index contributed by atoms with van der Waals surface area (Å²) >= 11 is 0. The average Bonchev–Trinajstić information content (AvgIpc) is 2.38. The Morgan fingerprint density at radius 2 is 1.95 bits per heavy atom. The lowest BCUT2D eigenvalue weighted by Crippen LogP contribution is -2.27. The van der Waals surface area contributed by atoms with Crippen LogP contribution in [0.15, 0.2) is 24.3 Å². The van der Waals surface area contributed by atoms with Crippen molar-refractivity contribution in [3.8, 4) is 5.75 Å². The zero-order valence-electron chi connectivity index (χ0n) is 10.9. The van der Waals surface area contributed by atoms with E-state index in [4.69, 9.17) is 14.6 Å². The van der Waals surface area contributed by atoms with E-state index in [0.717, 1.165) is 0 Å². The summed E-state index contributed by atoms with van der Waals surface area (Å²) in [6.07, 6.45) is -0.520. The van der Waals surface area contributed by atoms with Crippen molar-refractivity contribution < 1.29 is 24.2 Å². The zero-order valence-corrected chi connectivity index (χ0v) is 10.9. The third-order valence-electron chi connectivity index (χ3n) is 2.27. The SMILES string of the molecule is CCOC(C)C(=O)Nc1ccc(OCC(=O)O)cc1. The van der Waals surface area contributed by atoms with Crippen molar-refractivity contribution in [3.05, 3.63) is 24.3 Å². The van der Waals surface area contributed by atoms with Crippen LogP contribution in [0.3, 0.4) is 0 Å². The molecule has 6 heteroatoms. The van der Waals surface area contributed by atoms with Crippen LogP contribution in [0.2, 0.25) is 0 Å². The summed E-state index contributed by atoms with van der Waals surface area (Å²) in [5.74, 6) is -0.845. The third kappa shape index (κ3) is 5.39. The van der Waals surface area contributed by atoms with Crippen LogP contribution in [0.25, 0.3) is 0 Å². The van der Waals surface area contributed by atoms with E-state index in [1.807, 2.05) is 6.92 Å². The summed E-state index contributed by atoms with van der Waals surface area (Å²) < 4.78 is 10.1. The zero-order chi connectivity index (χ0) is 14.3. The van der Waals surface area contributed by atoms with Crippen LogP contribution >= 0.6 is 0 Å². The van der Waals surface area contributed by atoms with Crippen molar-refractivity contribution in [2.45, 2.75) is 20.0 Å². The Kier molecular flexibility index (Phi) is 5.81. The molecule has 0 spiro atoms. The summed E-state index contributed by atoms with van der Waals surface area (Å²) in [6.45, 7) is 3.56. The predicted octanol–water partition coefficient (Wildman–Crippen LogP) is 1.51. The lowest BCUT2D eigenvalue weighted by atomic mass is 10.3. The Balaban J connectivity index is 2.52. The first kappa shape index (κ1) is 15.0. The van der Waals surface area contributed by atoms with Crippen molar-refractivity contribution in [1.82, 2.24) is 0 Å². The lowest BCUT2D eigenvalue weighted by molar-refractivity contribution is -0.139. The number of benzene rings is 1. The average molecular weight is 267 g/mol. The van der Waals surface area contributed by atoms with Gasteiger partial charge in [-0.15, -0.1) is 0 Å². The molecule has 0 aliphatic heterocycles. The Labute approximate surface area is 111 Å². The Morgan fingerprint density at radius 1 is 1.32 bits per heavy atom. The maximum absolute atomic E-state index is 11.7. The predicted molar refractivity (Wildman–Crippen MR) is 69.3 cm³/mol. The number of anilines is 1. The van der Waals surface area contributed by atoms with Crippen molar-refractivity contribution in [1.29, 1.82) is 0 Å². The fraction of sp³-hybridized carbons (Fsp3) is 0.385. The molecule has 0 heterocycles. The highest BCUT2D eigenvalue weighted by molar-refractivity contribution is 5.93. The first-order valence-electron chi connectivity index (χ1n) is 5.90. The van der Waals surface area contributed by atoms with Gasteiger partial charge in [0.05, 0.1) is 0 Å². The van der Waals surface area contributed by atoms with Gasteiger partial charge in [-0.2, -0.15) is 0 Å². The molecule has 1 amide bonds. The topological polar surface area (TPSA) is 84.9 Å². The van der Waals surface area contributed by atoms with Crippen LogP contribution in [0, 0.1) is 0 Å². The largest absolute Gasteiger partial charge is 0.482 e. The van der Waals surface area contributed by atoms with Crippen molar-refractivity contribution in [2.24, 2.45) is 0 Å². The van der Waals surface area contributed by atoms with Crippen molar-refractivity contribution >= 4 is 17.6 Å². The van der Waals surface area contributed by atoms with Gasteiger partial charge >= 0.3 is 5.97 Å². The highest BCUT2D eigenvalue weighted by Crippen LogP contribution is 2.16. The standard InChI is InChI=1S/C13H17NO5/c1-3-18-9(2)13(17)14-10-4-6-11(7-5-10)19-8-12(15)16/h4-7,9H,3,8H2,1-2H3,(H,14,17)(H,15,16). The molecule has 0 radical (unpaired) electrons. The number of hydrogen-bond acceptors (Lipinski definition) is 4. The molecule has 104 valence electrons. The third-order valence-corrected chi connectivity index (χ3v) is 2.27. The molecule has 1 aromatic carbocycles. The van der Waals surface area contributed by atoms with Gasteiger partial charge in [0, 0.05) is 12.3 Å². The smallest absolute Gasteiger partial charge is 0.341 e. The van der Waals surface area contributed by atoms with E-state index < -0.39 is 18.7 Å². The second-order valence-corrected chi connectivity index (χ2v) is 3.79. The van der Waals surface area contributed by atoms with E-state index in [2.05, 4.69) is 5.32 Å². The molecule has 0 saturated carbocycles. The number of aliphatic carboxylic acids is 1. The van der Waals surface area contributed by atoms with Gasteiger partial charge in [-0.3, -0.25) is 4.79 Å². The van der Waals surface area contributed by atoms with Gasteiger partial charge in [0.15, 0.2) is 6.61 Å². The summed E-state index contributed by atoms with van der Waals surface area (Å²) in [6, 6.07) is 6.44.